The van der Waals surface area contributed by atoms with Gasteiger partial charge in [0, 0.05) is 39.3 Å². The molecule has 1 aromatic carbocycles. The molecule has 0 atom stereocenters. The summed E-state index contributed by atoms with van der Waals surface area (Å²) in [5, 5.41) is 0. The van der Waals surface area contributed by atoms with Crippen LogP contribution in [0.3, 0.4) is 0 Å². The lowest BCUT2D eigenvalue weighted by atomic mass is 10.2. The van der Waals surface area contributed by atoms with Gasteiger partial charge in [-0.05, 0) is 39.7 Å². The van der Waals surface area contributed by atoms with Gasteiger partial charge in [0.15, 0.2) is 0 Å². The van der Waals surface area contributed by atoms with Crippen molar-refractivity contribution in [2.24, 2.45) is 0 Å². The lowest BCUT2D eigenvalue weighted by Crippen LogP contribution is -2.42. The van der Waals surface area contributed by atoms with Gasteiger partial charge in [-0.1, -0.05) is 30.3 Å². The predicted octanol–water partition coefficient (Wildman–Crippen LogP) is 2.98. The fourth-order valence-electron chi connectivity index (χ4n) is 3.11. The minimum atomic E-state index is -0.488. The minimum absolute atomic E-state index is 0.132. The largest absolute Gasteiger partial charge is 0.444 e. The van der Waals surface area contributed by atoms with Gasteiger partial charge in [-0.15, -0.1) is 0 Å². The molecule has 6 heteroatoms. The van der Waals surface area contributed by atoms with Crippen LogP contribution in [0.25, 0.3) is 0 Å². The predicted molar refractivity (Wildman–Crippen MR) is 106 cm³/mol. The molecule has 27 heavy (non-hydrogen) atoms. The van der Waals surface area contributed by atoms with Crippen LogP contribution in [-0.4, -0.2) is 71.6 Å². The number of likely N-dealkylation sites (N-methyl/N-ethyl adjacent to an activating group) is 1. The Bertz CT molecular complexity index is 613. The van der Waals surface area contributed by atoms with E-state index in [1.807, 2.05) is 62.9 Å². The highest BCUT2D eigenvalue weighted by Gasteiger charge is 2.25. The monoisotopic (exact) mass is 375 g/mol. The van der Waals surface area contributed by atoms with E-state index < -0.39 is 5.60 Å². The van der Waals surface area contributed by atoms with Crippen molar-refractivity contribution in [3.05, 3.63) is 35.9 Å². The molecule has 0 N–H and O–H groups in total. The van der Waals surface area contributed by atoms with Crippen molar-refractivity contribution >= 4 is 12.0 Å². The van der Waals surface area contributed by atoms with E-state index in [-0.39, 0.29) is 12.0 Å². The number of carbonyl (C=O) groups excluding carboxylic acids is 2. The Kier molecular flexibility index (Phi) is 7.66. The molecule has 0 radical (unpaired) electrons. The van der Waals surface area contributed by atoms with Crippen molar-refractivity contribution in [2.75, 3.05) is 39.3 Å². The van der Waals surface area contributed by atoms with Crippen LogP contribution >= 0.6 is 0 Å². The van der Waals surface area contributed by atoms with Crippen LogP contribution in [0.15, 0.2) is 30.3 Å². The maximum absolute atomic E-state index is 12.7. The van der Waals surface area contributed by atoms with E-state index in [0.29, 0.717) is 39.3 Å². The molecule has 0 aliphatic carbocycles. The Labute approximate surface area is 163 Å². The number of rotatable bonds is 5. The molecule has 0 spiro atoms. The zero-order valence-corrected chi connectivity index (χ0v) is 17.1. The number of nitrogens with zero attached hydrogens (tertiary/aromatic N) is 3. The molecular formula is C21H33N3O3. The first-order valence-corrected chi connectivity index (χ1v) is 9.80. The summed E-state index contributed by atoms with van der Waals surface area (Å²) < 4.78 is 5.46. The number of hydrogen-bond acceptors (Lipinski definition) is 4. The molecule has 0 bridgehead atoms. The van der Waals surface area contributed by atoms with Crippen molar-refractivity contribution in [1.82, 2.24) is 14.7 Å². The lowest BCUT2D eigenvalue weighted by Gasteiger charge is -2.27. The molecule has 150 valence electrons. The molecule has 1 heterocycles. The third-order valence-electron chi connectivity index (χ3n) is 4.55. The van der Waals surface area contributed by atoms with Gasteiger partial charge in [0.05, 0.1) is 6.54 Å². The van der Waals surface area contributed by atoms with Crippen molar-refractivity contribution in [1.29, 1.82) is 0 Å². The molecule has 1 fully saturated rings. The number of hydrogen-bond donors (Lipinski definition) is 0. The normalized spacial score (nSPS) is 15.9. The number of benzene rings is 1. The summed E-state index contributed by atoms with van der Waals surface area (Å²) in [6.45, 7) is 12.1. The topological polar surface area (TPSA) is 53.1 Å². The fraction of sp³-hybridized carbons (Fsp3) is 0.619. The maximum atomic E-state index is 12.7. The standard InChI is InChI=1S/C21H33N3O3/c1-5-23(16-18-10-7-6-8-11-18)19(25)17-22-12-9-13-24(15-14-22)20(26)27-21(2,3)4/h6-8,10-11H,5,9,12-17H2,1-4H3. The van der Waals surface area contributed by atoms with E-state index in [0.717, 1.165) is 18.5 Å². The molecule has 2 amide bonds. The first kappa shape index (κ1) is 21.2. The summed E-state index contributed by atoms with van der Waals surface area (Å²) in [6, 6.07) is 10.1. The summed E-state index contributed by atoms with van der Waals surface area (Å²) in [5.74, 6) is 0.132. The molecule has 0 aromatic heterocycles. The van der Waals surface area contributed by atoms with Crippen LogP contribution in [0.4, 0.5) is 4.79 Å². The van der Waals surface area contributed by atoms with Gasteiger partial charge in [0.2, 0.25) is 5.91 Å². The molecule has 6 nitrogen and oxygen atoms in total. The van der Waals surface area contributed by atoms with E-state index in [2.05, 4.69) is 4.90 Å². The van der Waals surface area contributed by atoms with Crippen molar-refractivity contribution < 1.29 is 14.3 Å². The molecular weight excluding hydrogens is 342 g/mol. The second-order valence-corrected chi connectivity index (χ2v) is 7.99. The van der Waals surface area contributed by atoms with Gasteiger partial charge in [-0.2, -0.15) is 0 Å². The number of carbonyl (C=O) groups is 2. The molecule has 1 aliphatic heterocycles. The molecule has 2 rings (SSSR count). The van der Waals surface area contributed by atoms with Crippen LogP contribution in [0.1, 0.15) is 39.7 Å². The average molecular weight is 376 g/mol. The highest BCUT2D eigenvalue weighted by atomic mass is 16.6. The van der Waals surface area contributed by atoms with Crippen LogP contribution in [0, 0.1) is 0 Å². The van der Waals surface area contributed by atoms with Crippen LogP contribution in [-0.2, 0) is 16.1 Å². The van der Waals surface area contributed by atoms with Crippen molar-refractivity contribution in [3.63, 3.8) is 0 Å². The highest BCUT2D eigenvalue weighted by molar-refractivity contribution is 5.78. The van der Waals surface area contributed by atoms with Gasteiger partial charge in [-0.3, -0.25) is 9.69 Å². The second-order valence-electron chi connectivity index (χ2n) is 7.99. The fourth-order valence-corrected chi connectivity index (χ4v) is 3.11. The van der Waals surface area contributed by atoms with Crippen LogP contribution < -0.4 is 0 Å². The molecule has 0 saturated carbocycles. The third-order valence-corrected chi connectivity index (χ3v) is 4.55. The van der Waals surface area contributed by atoms with Gasteiger partial charge in [0.1, 0.15) is 5.60 Å². The van der Waals surface area contributed by atoms with Crippen LogP contribution in [0.5, 0.6) is 0 Å². The second kappa shape index (κ2) is 9.74. The Morgan fingerprint density at radius 1 is 1.07 bits per heavy atom. The number of ether oxygens (including phenoxy) is 1. The van der Waals surface area contributed by atoms with E-state index in [1.165, 1.54) is 0 Å². The lowest BCUT2D eigenvalue weighted by molar-refractivity contribution is -0.132. The summed E-state index contributed by atoms with van der Waals surface area (Å²) in [7, 11) is 0. The smallest absolute Gasteiger partial charge is 0.410 e. The summed E-state index contributed by atoms with van der Waals surface area (Å²) in [6.07, 6.45) is 0.576. The highest BCUT2D eigenvalue weighted by Crippen LogP contribution is 2.12. The van der Waals surface area contributed by atoms with E-state index in [9.17, 15) is 9.59 Å². The maximum Gasteiger partial charge on any atom is 0.410 e. The first-order chi connectivity index (χ1) is 12.8. The first-order valence-electron chi connectivity index (χ1n) is 9.80. The average Bonchev–Trinajstić information content (AvgIpc) is 2.84. The Morgan fingerprint density at radius 3 is 2.41 bits per heavy atom. The zero-order valence-electron chi connectivity index (χ0n) is 17.1. The van der Waals surface area contributed by atoms with Gasteiger partial charge >= 0.3 is 6.09 Å². The van der Waals surface area contributed by atoms with Gasteiger partial charge < -0.3 is 14.5 Å². The van der Waals surface area contributed by atoms with Crippen molar-refractivity contribution in [3.8, 4) is 0 Å². The van der Waals surface area contributed by atoms with Gasteiger partial charge in [-0.25, -0.2) is 4.79 Å². The number of amides is 2. The van der Waals surface area contributed by atoms with Crippen LogP contribution in [0.2, 0.25) is 0 Å². The summed E-state index contributed by atoms with van der Waals surface area (Å²) in [4.78, 5) is 30.8. The minimum Gasteiger partial charge on any atom is -0.444 e. The molecule has 0 unspecified atom stereocenters. The zero-order chi connectivity index (χ0) is 19.9. The molecule has 1 aliphatic rings. The Hall–Kier alpha value is -2.08. The Morgan fingerprint density at radius 2 is 1.78 bits per heavy atom. The SMILES string of the molecule is CCN(Cc1ccccc1)C(=O)CN1CCCN(C(=O)OC(C)(C)C)CC1. The van der Waals surface area contributed by atoms with E-state index >= 15 is 0 Å². The molecule has 1 saturated heterocycles. The van der Waals surface area contributed by atoms with E-state index in [4.69, 9.17) is 4.74 Å². The van der Waals surface area contributed by atoms with E-state index in [1.54, 1.807) is 4.90 Å². The molecule has 1 aromatic rings. The Balaban J connectivity index is 1.86. The summed E-state index contributed by atoms with van der Waals surface area (Å²) >= 11 is 0. The van der Waals surface area contributed by atoms with Crippen molar-refractivity contribution in [2.45, 2.75) is 46.3 Å². The summed E-state index contributed by atoms with van der Waals surface area (Å²) in [5.41, 5.74) is 0.651. The van der Waals surface area contributed by atoms with Gasteiger partial charge in [0.25, 0.3) is 0 Å². The third kappa shape index (κ3) is 7.21. The quantitative estimate of drug-likeness (QED) is 0.794.